The number of rotatable bonds is 2. The molecule has 0 fully saturated rings. The van der Waals surface area contributed by atoms with Gasteiger partial charge in [0.1, 0.15) is 11.6 Å². The largest absolute Gasteiger partial charge is 0.306 e. The Balaban J connectivity index is 2.12. The predicted octanol–water partition coefficient (Wildman–Crippen LogP) is 3.24. The van der Waals surface area contributed by atoms with Crippen molar-refractivity contribution in [3.63, 3.8) is 0 Å². The maximum Gasteiger partial charge on any atom is 0.251 e. The second kappa shape index (κ2) is 5.09. The Hall–Kier alpha value is -2.75. The lowest BCUT2D eigenvalue weighted by Gasteiger charge is -2.04. The molecule has 0 saturated heterocycles. The first-order chi connectivity index (χ1) is 9.72. The van der Waals surface area contributed by atoms with E-state index in [1.807, 2.05) is 30.3 Å². The maximum atomic E-state index is 12.9. The summed E-state index contributed by atoms with van der Waals surface area (Å²) in [5.74, 6) is 0.103. The third-order valence-corrected chi connectivity index (χ3v) is 2.93. The molecule has 1 N–H and O–H groups in total. The number of nitrogens with zero attached hydrogens (tertiary/aromatic N) is 1. The van der Waals surface area contributed by atoms with Gasteiger partial charge < -0.3 is 4.98 Å². The number of aromatic amines is 1. The van der Waals surface area contributed by atoms with Gasteiger partial charge in [-0.1, -0.05) is 30.3 Å². The van der Waals surface area contributed by atoms with Crippen LogP contribution in [0.5, 0.6) is 0 Å². The summed E-state index contributed by atoms with van der Waals surface area (Å²) in [6, 6.07) is 16.7. The number of H-pyrrole nitrogens is 1. The molecular weight excluding hydrogens is 255 g/mol. The van der Waals surface area contributed by atoms with Crippen molar-refractivity contribution in [2.45, 2.75) is 0 Å². The van der Waals surface area contributed by atoms with Gasteiger partial charge in [-0.25, -0.2) is 9.37 Å². The molecule has 1 aromatic heterocycles. The first-order valence-electron chi connectivity index (χ1n) is 6.15. The van der Waals surface area contributed by atoms with Gasteiger partial charge in [0.15, 0.2) is 0 Å². The van der Waals surface area contributed by atoms with Gasteiger partial charge in [-0.05, 0) is 24.3 Å². The van der Waals surface area contributed by atoms with E-state index in [1.165, 1.54) is 18.2 Å². The van der Waals surface area contributed by atoms with Crippen molar-refractivity contribution < 1.29 is 4.39 Å². The third-order valence-electron chi connectivity index (χ3n) is 2.93. The zero-order valence-electron chi connectivity index (χ0n) is 10.5. The van der Waals surface area contributed by atoms with E-state index in [4.69, 9.17) is 0 Å². The zero-order valence-corrected chi connectivity index (χ0v) is 10.5. The molecule has 0 bridgehead atoms. The van der Waals surface area contributed by atoms with E-state index in [0.29, 0.717) is 17.1 Å². The molecule has 0 aliphatic heterocycles. The highest BCUT2D eigenvalue weighted by Gasteiger charge is 2.06. The average Bonchev–Trinajstić information content (AvgIpc) is 2.48. The van der Waals surface area contributed by atoms with E-state index in [1.54, 1.807) is 12.1 Å². The summed E-state index contributed by atoms with van der Waals surface area (Å²) in [5.41, 5.74) is 1.88. The molecule has 4 heteroatoms. The molecule has 0 atom stereocenters. The number of benzene rings is 2. The fourth-order valence-electron chi connectivity index (χ4n) is 1.96. The fourth-order valence-corrected chi connectivity index (χ4v) is 1.96. The first kappa shape index (κ1) is 12.3. The van der Waals surface area contributed by atoms with Crippen molar-refractivity contribution in [1.29, 1.82) is 0 Å². The van der Waals surface area contributed by atoms with Crippen LogP contribution < -0.4 is 5.56 Å². The van der Waals surface area contributed by atoms with Gasteiger partial charge in [-0.15, -0.1) is 0 Å². The summed E-state index contributed by atoms with van der Waals surface area (Å²) in [6.45, 7) is 0. The smallest absolute Gasteiger partial charge is 0.251 e. The summed E-state index contributed by atoms with van der Waals surface area (Å²) in [7, 11) is 0. The van der Waals surface area contributed by atoms with Crippen LogP contribution in [0.25, 0.3) is 22.6 Å². The molecule has 0 saturated carbocycles. The molecule has 98 valence electrons. The lowest BCUT2D eigenvalue weighted by molar-refractivity contribution is 0.628. The molecule has 0 spiro atoms. The number of aromatic nitrogens is 2. The van der Waals surface area contributed by atoms with Gasteiger partial charge >= 0.3 is 0 Å². The fraction of sp³-hybridized carbons (Fsp3) is 0. The van der Waals surface area contributed by atoms with Gasteiger partial charge in [0.2, 0.25) is 0 Å². The molecule has 3 rings (SSSR count). The van der Waals surface area contributed by atoms with Crippen molar-refractivity contribution in [3.05, 3.63) is 76.8 Å². The van der Waals surface area contributed by atoms with E-state index in [9.17, 15) is 9.18 Å². The van der Waals surface area contributed by atoms with E-state index >= 15 is 0 Å². The van der Waals surface area contributed by atoms with Crippen LogP contribution in [0.2, 0.25) is 0 Å². The van der Waals surface area contributed by atoms with Gasteiger partial charge in [-0.2, -0.15) is 0 Å². The molecule has 0 unspecified atom stereocenters. The minimum atomic E-state index is -0.324. The zero-order chi connectivity index (χ0) is 13.9. The van der Waals surface area contributed by atoms with E-state index in [0.717, 1.165) is 5.56 Å². The Kier molecular flexibility index (Phi) is 3.13. The van der Waals surface area contributed by atoms with Crippen LogP contribution in [0.4, 0.5) is 4.39 Å². The third kappa shape index (κ3) is 2.49. The van der Waals surface area contributed by atoms with Crippen LogP contribution in [0, 0.1) is 5.82 Å². The van der Waals surface area contributed by atoms with Crippen molar-refractivity contribution in [2.24, 2.45) is 0 Å². The molecule has 3 nitrogen and oxygen atoms in total. The number of halogens is 1. The second-order valence-corrected chi connectivity index (χ2v) is 4.35. The predicted molar refractivity (Wildman–Crippen MR) is 75.7 cm³/mol. The van der Waals surface area contributed by atoms with E-state index < -0.39 is 0 Å². The molecule has 0 amide bonds. The Morgan fingerprint density at radius 3 is 2.30 bits per heavy atom. The Labute approximate surface area is 114 Å². The highest BCUT2D eigenvalue weighted by atomic mass is 19.1. The Morgan fingerprint density at radius 1 is 0.900 bits per heavy atom. The molecular formula is C16H11FN2O. The Morgan fingerprint density at radius 2 is 1.60 bits per heavy atom. The maximum absolute atomic E-state index is 12.9. The quantitative estimate of drug-likeness (QED) is 0.774. The highest BCUT2D eigenvalue weighted by molar-refractivity contribution is 5.63. The van der Waals surface area contributed by atoms with Crippen LogP contribution in [0.1, 0.15) is 0 Å². The minimum Gasteiger partial charge on any atom is -0.306 e. The standard InChI is InChI=1S/C16H11FN2O/c17-13-8-6-12(7-9-13)16-18-14(10-15(20)19-16)11-4-2-1-3-5-11/h1-10H,(H,18,19,20). The van der Waals surface area contributed by atoms with Gasteiger partial charge in [-0.3, -0.25) is 4.79 Å². The van der Waals surface area contributed by atoms with Gasteiger partial charge in [0, 0.05) is 17.2 Å². The monoisotopic (exact) mass is 266 g/mol. The van der Waals surface area contributed by atoms with Crippen LogP contribution in [0.3, 0.4) is 0 Å². The second-order valence-electron chi connectivity index (χ2n) is 4.35. The van der Waals surface area contributed by atoms with Crippen LogP contribution in [0.15, 0.2) is 65.5 Å². The van der Waals surface area contributed by atoms with E-state index in [2.05, 4.69) is 9.97 Å². The number of nitrogens with one attached hydrogen (secondary N) is 1. The van der Waals surface area contributed by atoms with Crippen molar-refractivity contribution in [3.8, 4) is 22.6 Å². The average molecular weight is 266 g/mol. The lowest BCUT2D eigenvalue weighted by atomic mass is 10.1. The summed E-state index contributed by atoms with van der Waals surface area (Å²) in [5, 5.41) is 0. The minimum absolute atomic E-state index is 0.238. The van der Waals surface area contributed by atoms with Crippen LogP contribution in [-0.2, 0) is 0 Å². The molecule has 20 heavy (non-hydrogen) atoms. The normalized spacial score (nSPS) is 10.4. The van der Waals surface area contributed by atoms with Gasteiger partial charge in [0.25, 0.3) is 5.56 Å². The van der Waals surface area contributed by atoms with E-state index in [-0.39, 0.29) is 11.4 Å². The van der Waals surface area contributed by atoms with Crippen LogP contribution in [-0.4, -0.2) is 9.97 Å². The summed E-state index contributed by atoms with van der Waals surface area (Å²) < 4.78 is 12.9. The summed E-state index contributed by atoms with van der Waals surface area (Å²) in [6.07, 6.45) is 0. The van der Waals surface area contributed by atoms with Crippen molar-refractivity contribution >= 4 is 0 Å². The summed E-state index contributed by atoms with van der Waals surface area (Å²) >= 11 is 0. The Bertz CT molecular complexity index is 780. The van der Waals surface area contributed by atoms with Crippen LogP contribution >= 0.6 is 0 Å². The SMILES string of the molecule is O=c1cc(-c2ccccc2)nc(-c2ccc(F)cc2)[nH]1. The lowest BCUT2D eigenvalue weighted by Crippen LogP contribution is -2.08. The summed E-state index contributed by atoms with van der Waals surface area (Å²) in [4.78, 5) is 18.8. The van der Waals surface area contributed by atoms with Crippen molar-refractivity contribution in [1.82, 2.24) is 9.97 Å². The molecule has 0 aliphatic carbocycles. The first-order valence-corrected chi connectivity index (χ1v) is 6.15. The number of hydrogen-bond acceptors (Lipinski definition) is 2. The molecule has 0 aliphatic rings. The van der Waals surface area contributed by atoms with Gasteiger partial charge in [0.05, 0.1) is 5.69 Å². The molecule has 0 radical (unpaired) electrons. The molecule has 2 aromatic carbocycles. The molecule has 3 aromatic rings. The highest BCUT2D eigenvalue weighted by Crippen LogP contribution is 2.19. The van der Waals surface area contributed by atoms with Crippen molar-refractivity contribution in [2.75, 3.05) is 0 Å². The topological polar surface area (TPSA) is 45.8 Å². The molecule has 1 heterocycles. The number of hydrogen-bond donors (Lipinski definition) is 1.